The summed E-state index contributed by atoms with van der Waals surface area (Å²) in [5, 5.41) is 0. The maximum Gasteiger partial charge on any atom is 0.166 e. The fraction of sp³-hybridized carbons (Fsp3) is 0.350. The monoisotopic (exact) mass is 294 g/mol. The zero-order chi connectivity index (χ0) is 15.1. The summed E-state index contributed by atoms with van der Waals surface area (Å²) in [5.41, 5.74) is 4.23. The van der Waals surface area contributed by atoms with Gasteiger partial charge in [-0.15, -0.1) is 0 Å². The fourth-order valence-electron chi connectivity index (χ4n) is 3.71. The number of rotatable bonds is 3. The molecule has 0 spiro atoms. The molecule has 0 saturated heterocycles. The van der Waals surface area contributed by atoms with Crippen LogP contribution in [-0.2, 0) is 12.8 Å². The number of hydrogen-bond acceptors (Lipinski definition) is 1. The second-order valence-electron chi connectivity index (χ2n) is 6.53. The molecule has 2 aliphatic rings. The largest absolute Gasteiger partial charge is 0.294 e. The van der Waals surface area contributed by atoms with Gasteiger partial charge in [-0.25, -0.2) is 4.39 Å². The molecular formula is C20H19FO. The molecule has 0 N–H and O–H groups in total. The third-order valence-corrected chi connectivity index (χ3v) is 5.06. The molecule has 4 rings (SSSR count). The Hall–Kier alpha value is -1.96. The SMILES string of the molecule is O=C(c1ccc2c(c1)CCCC2)C1CC1c1ccccc1F. The van der Waals surface area contributed by atoms with E-state index in [1.165, 1.54) is 30.0 Å². The Kier molecular flexibility index (Phi) is 3.33. The van der Waals surface area contributed by atoms with Gasteiger partial charge in [0, 0.05) is 11.5 Å². The molecule has 1 fully saturated rings. The highest BCUT2D eigenvalue weighted by atomic mass is 19.1. The van der Waals surface area contributed by atoms with Crippen LogP contribution in [0.2, 0.25) is 0 Å². The fourth-order valence-corrected chi connectivity index (χ4v) is 3.71. The summed E-state index contributed by atoms with van der Waals surface area (Å²) in [6.45, 7) is 0. The van der Waals surface area contributed by atoms with Gasteiger partial charge < -0.3 is 0 Å². The van der Waals surface area contributed by atoms with Gasteiger partial charge in [-0.1, -0.05) is 30.3 Å². The molecule has 2 aliphatic carbocycles. The molecule has 0 bridgehead atoms. The predicted octanol–water partition coefficient (Wildman–Crippen LogP) is 4.69. The molecule has 0 aliphatic heterocycles. The summed E-state index contributed by atoms with van der Waals surface area (Å²) >= 11 is 0. The van der Waals surface area contributed by atoms with Crippen LogP contribution in [0, 0.1) is 11.7 Å². The summed E-state index contributed by atoms with van der Waals surface area (Å²) in [7, 11) is 0. The molecule has 2 unspecified atom stereocenters. The van der Waals surface area contributed by atoms with Gasteiger partial charge in [-0.3, -0.25) is 4.79 Å². The minimum Gasteiger partial charge on any atom is -0.294 e. The van der Waals surface area contributed by atoms with Crippen LogP contribution in [0.1, 0.15) is 52.2 Å². The number of Topliss-reactive ketones (excluding diaryl/α,β-unsaturated/α-hetero) is 1. The van der Waals surface area contributed by atoms with Crippen molar-refractivity contribution in [3.8, 4) is 0 Å². The molecule has 1 saturated carbocycles. The Balaban J connectivity index is 1.55. The molecule has 0 radical (unpaired) electrons. The number of benzene rings is 2. The minimum atomic E-state index is -0.187. The van der Waals surface area contributed by atoms with Crippen LogP contribution >= 0.6 is 0 Å². The van der Waals surface area contributed by atoms with Crippen LogP contribution in [0.15, 0.2) is 42.5 Å². The molecule has 2 aromatic rings. The summed E-state index contributed by atoms with van der Waals surface area (Å²) in [6.07, 6.45) is 5.45. The second kappa shape index (κ2) is 5.35. The van der Waals surface area contributed by atoms with Crippen molar-refractivity contribution in [1.29, 1.82) is 0 Å². The predicted molar refractivity (Wildman–Crippen MR) is 84.7 cm³/mol. The smallest absolute Gasteiger partial charge is 0.166 e. The van der Waals surface area contributed by atoms with Gasteiger partial charge in [0.25, 0.3) is 0 Å². The second-order valence-corrected chi connectivity index (χ2v) is 6.53. The van der Waals surface area contributed by atoms with E-state index >= 15 is 0 Å². The Morgan fingerprint density at radius 1 is 1.00 bits per heavy atom. The molecule has 0 heterocycles. The number of aryl methyl sites for hydroxylation is 2. The minimum absolute atomic E-state index is 0.0430. The van der Waals surface area contributed by atoms with Crippen molar-refractivity contribution in [3.63, 3.8) is 0 Å². The van der Waals surface area contributed by atoms with Crippen molar-refractivity contribution in [2.24, 2.45) is 5.92 Å². The van der Waals surface area contributed by atoms with E-state index in [0.29, 0.717) is 5.56 Å². The third kappa shape index (κ3) is 2.37. The average Bonchev–Trinajstić information content (AvgIpc) is 3.34. The lowest BCUT2D eigenvalue weighted by Gasteiger charge is -2.16. The zero-order valence-corrected chi connectivity index (χ0v) is 12.5. The highest BCUT2D eigenvalue weighted by molar-refractivity contribution is 6.00. The maximum absolute atomic E-state index is 13.8. The van der Waals surface area contributed by atoms with Crippen LogP contribution in [0.3, 0.4) is 0 Å². The Morgan fingerprint density at radius 2 is 1.77 bits per heavy atom. The standard InChI is InChI=1S/C20H19FO/c21-19-8-4-3-7-16(19)17-12-18(17)20(22)15-10-9-13-5-1-2-6-14(13)11-15/h3-4,7-11,17-18H,1-2,5-6,12H2. The topological polar surface area (TPSA) is 17.1 Å². The summed E-state index contributed by atoms with van der Waals surface area (Å²) in [6, 6.07) is 13.0. The van der Waals surface area contributed by atoms with E-state index in [-0.39, 0.29) is 23.4 Å². The Morgan fingerprint density at radius 3 is 2.59 bits per heavy atom. The normalized spacial score (nSPS) is 23.0. The maximum atomic E-state index is 13.8. The first-order chi connectivity index (χ1) is 10.7. The van der Waals surface area contributed by atoms with E-state index < -0.39 is 0 Å². The molecule has 2 atom stereocenters. The van der Waals surface area contributed by atoms with E-state index in [1.54, 1.807) is 12.1 Å². The zero-order valence-electron chi connectivity index (χ0n) is 12.5. The molecular weight excluding hydrogens is 275 g/mol. The number of halogens is 1. The van der Waals surface area contributed by atoms with Crippen LogP contribution in [-0.4, -0.2) is 5.78 Å². The molecule has 2 heteroatoms. The van der Waals surface area contributed by atoms with Crippen molar-refractivity contribution >= 4 is 5.78 Å². The summed E-state index contributed by atoms with van der Waals surface area (Å²) in [5.74, 6) is 0.0122. The average molecular weight is 294 g/mol. The Labute approximate surface area is 130 Å². The van der Waals surface area contributed by atoms with Crippen LogP contribution < -0.4 is 0 Å². The van der Waals surface area contributed by atoms with E-state index in [2.05, 4.69) is 12.1 Å². The van der Waals surface area contributed by atoms with Crippen molar-refractivity contribution in [2.45, 2.75) is 38.0 Å². The van der Waals surface area contributed by atoms with Crippen molar-refractivity contribution in [2.75, 3.05) is 0 Å². The quantitative estimate of drug-likeness (QED) is 0.750. The first-order valence-corrected chi connectivity index (χ1v) is 8.14. The lowest BCUT2D eigenvalue weighted by Crippen LogP contribution is -2.08. The molecule has 0 amide bonds. The van der Waals surface area contributed by atoms with Gasteiger partial charge >= 0.3 is 0 Å². The first-order valence-electron chi connectivity index (χ1n) is 8.14. The van der Waals surface area contributed by atoms with E-state index in [0.717, 1.165) is 24.8 Å². The third-order valence-electron chi connectivity index (χ3n) is 5.06. The van der Waals surface area contributed by atoms with Gasteiger partial charge in [-0.05, 0) is 66.8 Å². The number of fused-ring (bicyclic) bond motifs is 1. The van der Waals surface area contributed by atoms with Gasteiger partial charge in [0.2, 0.25) is 0 Å². The lowest BCUT2D eigenvalue weighted by atomic mass is 9.89. The molecule has 2 aromatic carbocycles. The number of carbonyl (C=O) groups is 1. The molecule has 22 heavy (non-hydrogen) atoms. The van der Waals surface area contributed by atoms with Crippen molar-refractivity contribution in [3.05, 3.63) is 70.5 Å². The number of carbonyl (C=O) groups excluding carboxylic acids is 1. The number of hydrogen-bond donors (Lipinski definition) is 0. The van der Waals surface area contributed by atoms with Gasteiger partial charge in [-0.2, -0.15) is 0 Å². The summed E-state index contributed by atoms with van der Waals surface area (Å²) in [4.78, 5) is 12.7. The molecule has 1 nitrogen and oxygen atoms in total. The molecule has 0 aromatic heterocycles. The Bertz CT molecular complexity index is 734. The highest BCUT2D eigenvalue weighted by Gasteiger charge is 2.45. The van der Waals surface area contributed by atoms with E-state index in [9.17, 15) is 9.18 Å². The first kappa shape index (κ1) is 13.7. The number of ketones is 1. The van der Waals surface area contributed by atoms with Gasteiger partial charge in [0.05, 0.1) is 0 Å². The summed E-state index contributed by atoms with van der Waals surface area (Å²) < 4.78 is 13.8. The van der Waals surface area contributed by atoms with Gasteiger partial charge in [0.15, 0.2) is 5.78 Å². The van der Waals surface area contributed by atoms with Crippen LogP contribution in [0.4, 0.5) is 4.39 Å². The molecule has 112 valence electrons. The van der Waals surface area contributed by atoms with Crippen molar-refractivity contribution < 1.29 is 9.18 Å². The van der Waals surface area contributed by atoms with Crippen LogP contribution in [0.25, 0.3) is 0 Å². The van der Waals surface area contributed by atoms with Crippen molar-refractivity contribution in [1.82, 2.24) is 0 Å². The van der Waals surface area contributed by atoms with E-state index in [4.69, 9.17) is 0 Å². The lowest BCUT2D eigenvalue weighted by molar-refractivity contribution is 0.0965. The highest BCUT2D eigenvalue weighted by Crippen LogP contribution is 2.50. The van der Waals surface area contributed by atoms with Gasteiger partial charge in [0.1, 0.15) is 5.82 Å². The van der Waals surface area contributed by atoms with Crippen LogP contribution in [0.5, 0.6) is 0 Å². The van der Waals surface area contributed by atoms with E-state index in [1.807, 2.05) is 12.1 Å².